The Balaban J connectivity index is 1.89. The lowest BCUT2D eigenvalue weighted by molar-refractivity contribution is 0.380. The summed E-state index contributed by atoms with van der Waals surface area (Å²) in [6, 6.07) is 19.4. The van der Waals surface area contributed by atoms with Gasteiger partial charge in [-0.05, 0) is 73.0 Å². The predicted molar refractivity (Wildman–Crippen MR) is 135 cm³/mol. The molecule has 0 atom stereocenters. The number of anilines is 1. The van der Waals surface area contributed by atoms with Gasteiger partial charge in [0.2, 0.25) is 0 Å². The van der Waals surface area contributed by atoms with Crippen molar-refractivity contribution in [1.29, 1.82) is 0 Å². The predicted octanol–water partition coefficient (Wildman–Crippen LogP) is 4.41. The minimum Gasteiger partial charge on any atom is -0.383 e. The minimum atomic E-state index is -0.728. The largest absolute Gasteiger partial charge is 0.383 e. The molecule has 0 aliphatic rings. The second kappa shape index (κ2) is 7.40. The third-order valence-corrected chi connectivity index (χ3v) is 6.48. The number of aryl methyl sites for hydroxylation is 1. The zero-order valence-corrected chi connectivity index (χ0v) is 20.0. The molecular weight excluding hydrogens is 515 g/mol. The molecule has 0 aliphatic heterocycles. The van der Waals surface area contributed by atoms with Crippen LogP contribution in [0.25, 0.3) is 27.5 Å². The van der Waals surface area contributed by atoms with Crippen LogP contribution < -0.4 is 11.3 Å². The maximum atomic E-state index is 13.7. The van der Waals surface area contributed by atoms with E-state index in [9.17, 15) is 4.79 Å². The van der Waals surface area contributed by atoms with Gasteiger partial charge in [-0.2, -0.15) is 5.10 Å². The smallest absolute Gasteiger partial charge is 0.263 e. The summed E-state index contributed by atoms with van der Waals surface area (Å²) in [5, 5.41) is 7.05. The van der Waals surface area contributed by atoms with Gasteiger partial charge in [0.15, 0.2) is 5.65 Å². The van der Waals surface area contributed by atoms with Crippen molar-refractivity contribution in [3.05, 3.63) is 86.2 Å². The lowest BCUT2D eigenvalue weighted by Crippen LogP contribution is -2.36. The van der Waals surface area contributed by atoms with Gasteiger partial charge in [0.25, 0.3) is 5.56 Å². The summed E-state index contributed by atoms with van der Waals surface area (Å²) >= 11 is 2.16. The molecule has 2 aromatic carbocycles. The standard InChI is InChI=1S/C24H21IN6O/c1-14-27-21(26)19-20(25)29-31(22(19)28-14)24(2,3)18-13-15-9-7-8-12-17(15)23(32)30(18)16-10-5-4-6-11-16/h4-13H,1-3H3,(H2,26,27,28). The highest BCUT2D eigenvalue weighted by molar-refractivity contribution is 14.1. The van der Waals surface area contributed by atoms with Crippen LogP contribution in [0.2, 0.25) is 0 Å². The van der Waals surface area contributed by atoms with E-state index in [4.69, 9.17) is 10.8 Å². The van der Waals surface area contributed by atoms with Gasteiger partial charge in [-0.3, -0.25) is 9.36 Å². The van der Waals surface area contributed by atoms with Crippen LogP contribution in [0, 0.1) is 10.6 Å². The Hall–Kier alpha value is -3.27. The van der Waals surface area contributed by atoms with Crippen LogP contribution in [0.3, 0.4) is 0 Å². The van der Waals surface area contributed by atoms with Crippen molar-refractivity contribution in [2.75, 3.05) is 5.73 Å². The Morgan fingerprint density at radius 2 is 1.69 bits per heavy atom. The first-order chi connectivity index (χ1) is 15.3. The average molecular weight is 536 g/mol. The van der Waals surface area contributed by atoms with Crippen LogP contribution in [-0.2, 0) is 5.54 Å². The number of nitrogen functional groups attached to an aromatic ring is 1. The van der Waals surface area contributed by atoms with Crippen molar-refractivity contribution in [1.82, 2.24) is 24.3 Å². The van der Waals surface area contributed by atoms with Crippen LogP contribution in [0.1, 0.15) is 25.4 Å². The molecule has 0 radical (unpaired) electrons. The van der Waals surface area contributed by atoms with Crippen LogP contribution >= 0.6 is 22.6 Å². The van der Waals surface area contributed by atoms with Crippen LogP contribution in [-0.4, -0.2) is 24.3 Å². The number of rotatable bonds is 3. The normalized spacial score (nSPS) is 12.0. The molecule has 0 spiro atoms. The number of pyridine rings is 1. The van der Waals surface area contributed by atoms with E-state index in [1.54, 1.807) is 4.57 Å². The van der Waals surface area contributed by atoms with Gasteiger partial charge in [0.05, 0.1) is 16.6 Å². The molecule has 3 aromatic heterocycles. The number of para-hydroxylation sites is 1. The molecule has 0 amide bonds. The number of aromatic nitrogens is 5. The molecule has 2 N–H and O–H groups in total. The van der Waals surface area contributed by atoms with E-state index in [1.807, 2.05) is 80.1 Å². The van der Waals surface area contributed by atoms with Gasteiger partial charge < -0.3 is 5.73 Å². The van der Waals surface area contributed by atoms with Gasteiger partial charge in [0.1, 0.15) is 15.3 Å². The van der Waals surface area contributed by atoms with Crippen molar-refractivity contribution >= 4 is 50.2 Å². The molecule has 7 nitrogen and oxygen atoms in total. The molecular formula is C24H21IN6O. The summed E-state index contributed by atoms with van der Waals surface area (Å²) in [7, 11) is 0. The topological polar surface area (TPSA) is 91.6 Å². The quantitative estimate of drug-likeness (QED) is 0.345. The van der Waals surface area contributed by atoms with Gasteiger partial charge >= 0.3 is 0 Å². The third kappa shape index (κ3) is 3.09. The molecule has 3 heterocycles. The van der Waals surface area contributed by atoms with Crippen molar-refractivity contribution in [2.24, 2.45) is 0 Å². The number of halogens is 1. The Bertz CT molecular complexity index is 1550. The Morgan fingerprint density at radius 1 is 1.00 bits per heavy atom. The molecule has 0 bridgehead atoms. The highest BCUT2D eigenvalue weighted by Gasteiger charge is 2.32. The molecule has 8 heteroatoms. The lowest BCUT2D eigenvalue weighted by atomic mass is 9.96. The number of nitrogens with two attached hydrogens (primary N) is 1. The number of hydrogen-bond donors (Lipinski definition) is 1. The molecule has 0 saturated heterocycles. The minimum absolute atomic E-state index is 0.0751. The first kappa shape index (κ1) is 20.6. The molecule has 5 aromatic rings. The Morgan fingerprint density at radius 3 is 2.44 bits per heavy atom. The second-order valence-corrected chi connectivity index (χ2v) is 9.23. The van der Waals surface area contributed by atoms with Crippen molar-refractivity contribution in [3.8, 4) is 5.69 Å². The first-order valence-corrected chi connectivity index (χ1v) is 11.3. The molecule has 32 heavy (non-hydrogen) atoms. The summed E-state index contributed by atoms with van der Waals surface area (Å²) in [4.78, 5) is 22.6. The van der Waals surface area contributed by atoms with Crippen LogP contribution in [0.5, 0.6) is 0 Å². The molecule has 0 aliphatic carbocycles. The first-order valence-electron chi connectivity index (χ1n) is 10.2. The maximum Gasteiger partial charge on any atom is 0.263 e. The summed E-state index contributed by atoms with van der Waals surface area (Å²) in [6.45, 7) is 5.88. The summed E-state index contributed by atoms with van der Waals surface area (Å²) in [6.07, 6.45) is 0. The van der Waals surface area contributed by atoms with E-state index in [-0.39, 0.29) is 5.56 Å². The van der Waals surface area contributed by atoms with Crippen LogP contribution in [0.15, 0.2) is 65.5 Å². The van der Waals surface area contributed by atoms with E-state index < -0.39 is 5.54 Å². The highest BCUT2D eigenvalue weighted by Crippen LogP contribution is 2.33. The van der Waals surface area contributed by atoms with E-state index in [0.717, 1.165) is 25.9 Å². The Kier molecular flexibility index (Phi) is 4.77. The van der Waals surface area contributed by atoms with E-state index in [1.165, 1.54) is 0 Å². The van der Waals surface area contributed by atoms with Gasteiger partial charge in [-0.25, -0.2) is 14.6 Å². The van der Waals surface area contributed by atoms with Crippen molar-refractivity contribution < 1.29 is 0 Å². The zero-order valence-electron chi connectivity index (χ0n) is 17.9. The summed E-state index contributed by atoms with van der Waals surface area (Å²) in [5.41, 5.74) is 7.64. The summed E-state index contributed by atoms with van der Waals surface area (Å²) in [5.74, 6) is 0.972. The molecule has 0 unspecified atom stereocenters. The lowest BCUT2D eigenvalue weighted by Gasteiger charge is -2.30. The fourth-order valence-corrected chi connectivity index (χ4v) is 4.89. The SMILES string of the molecule is Cc1nc(N)c2c(I)nn(C(C)(C)c3cc4ccccc4c(=O)n3-c3ccccc3)c2n1. The monoisotopic (exact) mass is 536 g/mol. The van der Waals surface area contributed by atoms with E-state index >= 15 is 0 Å². The third-order valence-electron chi connectivity index (χ3n) is 5.72. The number of benzene rings is 2. The van der Waals surface area contributed by atoms with E-state index in [2.05, 4.69) is 38.6 Å². The second-order valence-electron chi connectivity index (χ2n) is 8.21. The molecule has 5 rings (SSSR count). The fourth-order valence-electron chi connectivity index (χ4n) is 4.16. The van der Waals surface area contributed by atoms with Gasteiger partial charge in [0, 0.05) is 11.1 Å². The van der Waals surface area contributed by atoms with Crippen molar-refractivity contribution in [2.45, 2.75) is 26.3 Å². The number of fused-ring (bicyclic) bond motifs is 2. The Labute approximate surface area is 198 Å². The zero-order chi connectivity index (χ0) is 22.6. The van der Waals surface area contributed by atoms with E-state index in [0.29, 0.717) is 22.7 Å². The fraction of sp³-hybridized carbons (Fsp3) is 0.167. The molecule has 160 valence electrons. The molecule has 0 fully saturated rings. The van der Waals surface area contributed by atoms with Gasteiger partial charge in [-0.15, -0.1) is 0 Å². The molecule has 0 saturated carbocycles. The average Bonchev–Trinajstić information content (AvgIpc) is 3.11. The number of hydrogen-bond acceptors (Lipinski definition) is 5. The number of nitrogens with zero attached hydrogens (tertiary/aromatic N) is 5. The summed E-state index contributed by atoms with van der Waals surface area (Å²) < 4.78 is 4.33. The van der Waals surface area contributed by atoms with Gasteiger partial charge in [-0.1, -0.05) is 36.4 Å². The van der Waals surface area contributed by atoms with Crippen molar-refractivity contribution in [3.63, 3.8) is 0 Å². The van der Waals surface area contributed by atoms with Crippen LogP contribution in [0.4, 0.5) is 5.82 Å². The highest BCUT2D eigenvalue weighted by atomic mass is 127. The maximum absolute atomic E-state index is 13.7.